The minimum atomic E-state index is 0.358. The number of aromatic nitrogens is 3. The molecular weight excluding hydrogens is 264 g/mol. The number of pyridine rings is 1. The summed E-state index contributed by atoms with van der Waals surface area (Å²) in [5, 5.41) is 10.8. The summed E-state index contributed by atoms with van der Waals surface area (Å²) >= 11 is 0. The number of aromatic amines is 1. The molecule has 1 fully saturated rings. The number of ether oxygens (including phenoxy) is 1. The molecule has 5 heteroatoms. The van der Waals surface area contributed by atoms with Crippen LogP contribution in [0.4, 0.5) is 5.82 Å². The van der Waals surface area contributed by atoms with Crippen LogP contribution < -0.4 is 5.32 Å². The lowest BCUT2D eigenvalue weighted by atomic mass is 10.2. The molecule has 0 unspecified atom stereocenters. The topological polar surface area (TPSA) is 62.8 Å². The lowest BCUT2D eigenvalue weighted by Crippen LogP contribution is -2.40. The second kappa shape index (κ2) is 6.37. The zero-order chi connectivity index (χ0) is 14.5. The quantitative estimate of drug-likeness (QED) is 0.908. The second-order valence-corrected chi connectivity index (χ2v) is 5.01. The average Bonchev–Trinajstić information content (AvgIpc) is 2.56. The fraction of sp³-hybridized carbons (Fsp3) is 0.250. The van der Waals surface area contributed by atoms with Crippen molar-refractivity contribution in [3.8, 4) is 11.3 Å². The van der Waals surface area contributed by atoms with Crippen molar-refractivity contribution in [1.29, 1.82) is 0 Å². The van der Waals surface area contributed by atoms with Gasteiger partial charge in [-0.05, 0) is 31.2 Å². The first-order chi connectivity index (χ1) is 10.3. The van der Waals surface area contributed by atoms with Gasteiger partial charge < -0.3 is 10.1 Å². The van der Waals surface area contributed by atoms with E-state index in [1.54, 1.807) is 6.20 Å². The molecule has 1 aliphatic rings. The van der Waals surface area contributed by atoms with Gasteiger partial charge in [0, 0.05) is 17.5 Å². The molecule has 3 heterocycles. The third kappa shape index (κ3) is 3.58. The highest BCUT2D eigenvalue weighted by atomic mass is 16.5. The molecule has 2 aromatic rings. The summed E-state index contributed by atoms with van der Waals surface area (Å²) in [5.41, 5.74) is 2.87. The fourth-order valence-electron chi connectivity index (χ4n) is 1.99. The molecule has 0 atom stereocenters. The molecule has 5 nitrogen and oxygen atoms in total. The first-order valence-electron chi connectivity index (χ1n) is 6.97. The normalized spacial score (nSPS) is 14.1. The molecule has 0 aliphatic carbocycles. The number of nitrogens with zero attached hydrogens (tertiary/aromatic N) is 2. The lowest BCUT2D eigenvalue weighted by molar-refractivity contribution is 0.0209. The zero-order valence-corrected chi connectivity index (χ0v) is 11.9. The molecule has 0 bridgehead atoms. The SMILES string of the molecule is Cc1cccccc(-c2ccnc(NC3COC3)c2)n[nH]1. The Morgan fingerprint density at radius 3 is 2.86 bits per heavy atom. The summed E-state index contributed by atoms with van der Waals surface area (Å²) in [6, 6.07) is 14.2. The van der Waals surface area contributed by atoms with E-state index < -0.39 is 0 Å². The van der Waals surface area contributed by atoms with Crippen molar-refractivity contribution in [3.63, 3.8) is 0 Å². The van der Waals surface area contributed by atoms with Gasteiger partial charge >= 0.3 is 0 Å². The minimum Gasteiger partial charge on any atom is -0.377 e. The van der Waals surface area contributed by atoms with E-state index in [1.807, 2.05) is 49.4 Å². The van der Waals surface area contributed by atoms with E-state index >= 15 is 0 Å². The van der Waals surface area contributed by atoms with E-state index in [4.69, 9.17) is 4.74 Å². The maximum atomic E-state index is 5.16. The van der Waals surface area contributed by atoms with Crippen molar-refractivity contribution >= 4 is 5.82 Å². The fourth-order valence-corrected chi connectivity index (χ4v) is 1.99. The Morgan fingerprint density at radius 1 is 1.19 bits per heavy atom. The summed E-state index contributed by atoms with van der Waals surface area (Å²) < 4.78 is 5.16. The van der Waals surface area contributed by atoms with E-state index in [0.29, 0.717) is 6.04 Å². The van der Waals surface area contributed by atoms with Crippen LogP contribution in [0, 0.1) is 6.92 Å². The number of anilines is 1. The van der Waals surface area contributed by atoms with Crippen molar-refractivity contribution in [2.75, 3.05) is 18.5 Å². The minimum absolute atomic E-state index is 0.358. The number of rotatable bonds is 3. The van der Waals surface area contributed by atoms with Gasteiger partial charge in [-0.3, -0.25) is 5.10 Å². The van der Waals surface area contributed by atoms with Crippen LogP contribution >= 0.6 is 0 Å². The predicted molar refractivity (Wildman–Crippen MR) is 82.4 cm³/mol. The highest BCUT2D eigenvalue weighted by molar-refractivity contribution is 5.62. The van der Waals surface area contributed by atoms with Crippen LogP contribution in [-0.4, -0.2) is 34.4 Å². The average molecular weight is 282 g/mol. The first-order valence-corrected chi connectivity index (χ1v) is 6.97. The van der Waals surface area contributed by atoms with E-state index in [-0.39, 0.29) is 0 Å². The number of hydrogen-bond donors (Lipinski definition) is 2. The summed E-state index contributed by atoms with van der Waals surface area (Å²) in [7, 11) is 0. The van der Waals surface area contributed by atoms with Gasteiger partial charge in [0.15, 0.2) is 0 Å². The zero-order valence-electron chi connectivity index (χ0n) is 11.9. The van der Waals surface area contributed by atoms with Crippen molar-refractivity contribution < 1.29 is 4.74 Å². The van der Waals surface area contributed by atoms with Crippen LogP contribution in [0.15, 0.2) is 48.7 Å². The molecule has 0 spiro atoms. The lowest BCUT2D eigenvalue weighted by Gasteiger charge is -2.27. The molecule has 21 heavy (non-hydrogen) atoms. The Hall–Kier alpha value is -2.40. The number of H-pyrrole nitrogens is 1. The molecule has 2 N–H and O–H groups in total. The van der Waals surface area contributed by atoms with Gasteiger partial charge in [0.1, 0.15) is 5.82 Å². The molecule has 1 aliphatic heterocycles. The summed E-state index contributed by atoms with van der Waals surface area (Å²) in [6.45, 7) is 3.46. The predicted octanol–water partition coefficient (Wildman–Crippen LogP) is 2.72. The molecule has 0 saturated carbocycles. The standard InChI is InChI=1S/C16H18N4O/c1-12-5-3-2-4-6-15(20-19-12)13-7-8-17-16(9-13)18-14-10-21-11-14/h2-9,14,19H,10-11H2,1H3,(H,17,18). The van der Waals surface area contributed by atoms with Crippen molar-refractivity contribution in [1.82, 2.24) is 15.2 Å². The molecule has 0 aromatic carbocycles. The van der Waals surface area contributed by atoms with Gasteiger partial charge in [0.05, 0.1) is 24.9 Å². The molecular formula is C16H18N4O. The molecule has 2 aromatic heterocycles. The van der Waals surface area contributed by atoms with Crippen molar-refractivity contribution in [2.24, 2.45) is 0 Å². The molecule has 0 radical (unpaired) electrons. The van der Waals surface area contributed by atoms with E-state index in [9.17, 15) is 0 Å². The number of aryl methyl sites for hydroxylation is 1. The largest absolute Gasteiger partial charge is 0.377 e. The Labute approximate surface area is 123 Å². The summed E-state index contributed by atoms with van der Waals surface area (Å²) in [5.74, 6) is 0.847. The Bertz CT molecular complexity index is 663. The van der Waals surface area contributed by atoms with Crippen LogP contribution in [-0.2, 0) is 4.74 Å². The van der Waals surface area contributed by atoms with Gasteiger partial charge in [0.25, 0.3) is 0 Å². The Morgan fingerprint density at radius 2 is 2.05 bits per heavy atom. The van der Waals surface area contributed by atoms with Gasteiger partial charge in [-0.2, -0.15) is 5.10 Å². The monoisotopic (exact) mass is 282 g/mol. The van der Waals surface area contributed by atoms with Crippen LogP contribution in [0.2, 0.25) is 0 Å². The Kier molecular flexibility index (Phi) is 4.12. The van der Waals surface area contributed by atoms with Gasteiger partial charge in [-0.1, -0.05) is 18.2 Å². The highest BCUT2D eigenvalue weighted by Crippen LogP contribution is 2.19. The van der Waals surface area contributed by atoms with Gasteiger partial charge in [0.2, 0.25) is 0 Å². The van der Waals surface area contributed by atoms with Crippen molar-refractivity contribution in [2.45, 2.75) is 13.0 Å². The second-order valence-electron chi connectivity index (χ2n) is 5.01. The highest BCUT2D eigenvalue weighted by Gasteiger charge is 2.18. The molecule has 108 valence electrons. The van der Waals surface area contributed by atoms with Gasteiger partial charge in [-0.15, -0.1) is 0 Å². The maximum Gasteiger partial charge on any atom is 0.126 e. The maximum absolute atomic E-state index is 5.16. The van der Waals surface area contributed by atoms with Crippen LogP contribution in [0.1, 0.15) is 5.69 Å². The third-order valence-corrected chi connectivity index (χ3v) is 3.22. The van der Waals surface area contributed by atoms with Crippen LogP contribution in [0.3, 0.4) is 0 Å². The molecule has 0 amide bonds. The number of nitrogens with one attached hydrogen (secondary N) is 2. The molecule has 3 rings (SSSR count). The van der Waals surface area contributed by atoms with E-state index in [2.05, 4.69) is 20.5 Å². The van der Waals surface area contributed by atoms with E-state index in [0.717, 1.165) is 36.0 Å². The van der Waals surface area contributed by atoms with Crippen LogP contribution in [0.5, 0.6) is 0 Å². The first kappa shape index (κ1) is 13.6. The number of hydrogen-bond acceptors (Lipinski definition) is 4. The smallest absolute Gasteiger partial charge is 0.126 e. The van der Waals surface area contributed by atoms with E-state index in [1.165, 1.54) is 0 Å². The Balaban J connectivity index is 1.92. The van der Waals surface area contributed by atoms with Gasteiger partial charge in [-0.25, -0.2) is 4.98 Å². The summed E-state index contributed by atoms with van der Waals surface area (Å²) in [4.78, 5) is 4.34. The third-order valence-electron chi connectivity index (χ3n) is 3.22. The van der Waals surface area contributed by atoms with Crippen molar-refractivity contribution in [3.05, 3.63) is 54.4 Å². The van der Waals surface area contributed by atoms with Crippen LogP contribution in [0.25, 0.3) is 11.3 Å². The molecule has 1 saturated heterocycles. The summed E-state index contributed by atoms with van der Waals surface area (Å²) in [6.07, 6.45) is 1.79.